The molecule has 0 aromatic rings. The molecule has 0 saturated carbocycles. The number of nitrogens with one attached hydrogen (secondary N) is 2. The minimum absolute atomic E-state index is 0. The number of nitrogens with zero attached hydrogens (tertiary/aromatic N) is 2. The van der Waals surface area contributed by atoms with E-state index in [4.69, 9.17) is 9.47 Å². The molecule has 2 N–H and O–H groups in total. The maximum absolute atomic E-state index is 5.62. The van der Waals surface area contributed by atoms with Crippen molar-refractivity contribution in [2.75, 3.05) is 46.5 Å². The molecular formula is C15H31IN4O2. The van der Waals surface area contributed by atoms with E-state index in [1.165, 1.54) is 6.42 Å². The van der Waals surface area contributed by atoms with E-state index >= 15 is 0 Å². The third-order valence-corrected chi connectivity index (χ3v) is 4.29. The third-order valence-electron chi connectivity index (χ3n) is 4.29. The molecule has 2 fully saturated rings. The van der Waals surface area contributed by atoms with Gasteiger partial charge in [0.05, 0.1) is 19.3 Å². The van der Waals surface area contributed by atoms with E-state index in [1.807, 2.05) is 7.05 Å². The van der Waals surface area contributed by atoms with Gasteiger partial charge in [0.2, 0.25) is 0 Å². The van der Waals surface area contributed by atoms with Crippen molar-refractivity contribution in [1.29, 1.82) is 0 Å². The average molecular weight is 426 g/mol. The van der Waals surface area contributed by atoms with Gasteiger partial charge in [-0.15, -0.1) is 24.0 Å². The smallest absolute Gasteiger partial charge is 0.191 e. The van der Waals surface area contributed by atoms with E-state index in [9.17, 15) is 0 Å². The topological polar surface area (TPSA) is 58.1 Å². The van der Waals surface area contributed by atoms with E-state index in [0.717, 1.165) is 51.8 Å². The van der Waals surface area contributed by atoms with Crippen molar-refractivity contribution in [3.8, 4) is 0 Å². The fraction of sp³-hybridized carbons (Fsp3) is 0.933. The van der Waals surface area contributed by atoms with Gasteiger partial charge in [-0.2, -0.15) is 0 Å². The predicted molar refractivity (Wildman–Crippen MR) is 100 cm³/mol. The first-order chi connectivity index (χ1) is 10.2. The molecule has 2 rings (SSSR count). The molecular weight excluding hydrogens is 395 g/mol. The van der Waals surface area contributed by atoms with Crippen molar-refractivity contribution in [3.05, 3.63) is 0 Å². The molecule has 2 aliphatic heterocycles. The molecule has 0 aromatic carbocycles. The van der Waals surface area contributed by atoms with Crippen LogP contribution in [-0.4, -0.2) is 75.5 Å². The van der Waals surface area contributed by atoms with E-state index in [-0.39, 0.29) is 24.0 Å². The minimum atomic E-state index is 0. The highest BCUT2D eigenvalue weighted by Gasteiger charge is 2.23. The Bertz CT molecular complexity index is 338. The van der Waals surface area contributed by atoms with Crippen LogP contribution in [0.15, 0.2) is 4.99 Å². The van der Waals surface area contributed by atoms with Crippen LogP contribution < -0.4 is 10.6 Å². The van der Waals surface area contributed by atoms with Crippen molar-refractivity contribution >= 4 is 29.9 Å². The zero-order valence-electron chi connectivity index (χ0n) is 14.0. The largest absolute Gasteiger partial charge is 0.379 e. The summed E-state index contributed by atoms with van der Waals surface area (Å²) in [6.45, 7) is 9.76. The Morgan fingerprint density at radius 3 is 2.82 bits per heavy atom. The number of ether oxygens (including phenoxy) is 2. The van der Waals surface area contributed by atoms with Crippen LogP contribution >= 0.6 is 24.0 Å². The van der Waals surface area contributed by atoms with Gasteiger partial charge >= 0.3 is 0 Å². The lowest BCUT2D eigenvalue weighted by Crippen LogP contribution is -2.53. The van der Waals surface area contributed by atoms with Gasteiger partial charge in [0, 0.05) is 45.4 Å². The molecule has 0 spiro atoms. The van der Waals surface area contributed by atoms with Crippen LogP contribution in [-0.2, 0) is 9.47 Å². The number of morpholine rings is 1. The van der Waals surface area contributed by atoms with Crippen LogP contribution in [0.5, 0.6) is 0 Å². The summed E-state index contributed by atoms with van der Waals surface area (Å²) < 4.78 is 11.1. The lowest BCUT2D eigenvalue weighted by atomic mass is 10.2. The van der Waals surface area contributed by atoms with Crippen LogP contribution in [0.1, 0.15) is 26.7 Å². The average Bonchev–Trinajstić information content (AvgIpc) is 3.01. The molecule has 2 saturated heterocycles. The molecule has 2 heterocycles. The fourth-order valence-electron chi connectivity index (χ4n) is 2.99. The maximum atomic E-state index is 5.62. The van der Waals surface area contributed by atoms with Crippen LogP contribution in [0.4, 0.5) is 0 Å². The standard InChI is InChI=1S/C15H30N4O2.HI/c1-12(19-6-8-20-11-13(19)2)9-17-15(16-3)18-10-14-5-4-7-21-14;/h12-14H,4-11H2,1-3H3,(H2,16,17,18);1H. The summed E-state index contributed by atoms with van der Waals surface area (Å²) in [5.74, 6) is 0.860. The summed E-state index contributed by atoms with van der Waals surface area (Å²) in [7, 11) is 1.81. The molecule has 130 valence electrons. The van der Waals surface area contributed by atoms with Gasteiger partial charge in [0.25, 0.3) is 0 Å². The number of hydrogen-bond donors (Lipinski definition) is 2. The van der Waals surface area contributed by atoms with Gasteiger partial charge in [-0.1, -0.05) is 0 Å². The van der Waals surface area contributed by atoms with Crippen molar-refractivity contribution in [1.82, 2.24) is 15.5 Å². The molecule has 2 aliphatic rings. The molecule has 3 unspecified atom stereocenters. The van der Waals surface area contributed by atoms with Crippen molar-refractivity contribution < 1.29 is 9.47 Å². The first-order valence-electron chi connectivity index (χ1n) is 8.10. The third kappa shape index (κ3) is 6.17. The fourth-order valence-corrected chi connectivity index (χ4v) is 2.99. The second kappa shape index (κ2) is 10.6. The summed E-state index contributed by atoms with van der Waals surface area (Å²) in [5, 5.41) is 6.76. The highest BCUT2D eigenvalue weighted by molar-refractivity contribution is 14.0. The number of halogens is 1. The Kier molecular flexibility index (Phi) is 9.62. The lowest BCUT2D eigenvalue weighted by Gasteiger charge is -2.38. The highest BCUT2D eigenvalue weighted by atomic mass is 127. The van der Waals surface area contributed by atoms with Gasteiger partial charge in [-0.25, -0.2) is 0 Å². The Morgan fingerprint density at radius 1 is 1.36 bits per heavy atom. The Hall–Kier alpha value is -0.120. The van der Waals surface area contributed by atoms with E-state index in [2.05, 4.69) is 34.4 Å². The van der Waals surface area contributed by atoms with E-state index < -0.39 is 0 Å². The van der Waals surface area contributed by atoms with Gasteiger partial charge in [0.1, 0.15) is 0 Å². The summed E-state index contributed by atoms with van der Waals surface area (Å²) in [5.41, 5.74) is 0. The highest BCUT2D eigenvalue weighted by Crippen LogP contribution is 2.11. The van der Waals surface area contributed by atoms with Crippen molar-refractivity contribution in [2.45, 2.75) is 44.9 Å². The summed E-state index contributed by atoms with van der Waals surface area (Å²) >= 11 is 0. The Labute approximate surface area is 151 Å². The second-order valence-corrected chi connectivity index (χ2v) is 5.98. The van der Waals surface area contributed by atoms with Crippen molar-refractivity contribution in [2.24, 2.45) is 4.99 Å². The first-order valence-corrected chi connectivity index (χ1v) is 8.10. The molecule has 0 aliphatic carbocycles. The number of hydrogen-bond acceptors (Lipinski definition) is 4. The summed E-state index contributed by atoms with van der Waals surface area (Å²) in [4.78, 5) is 6.77. The number of aliphatic imine (C=N–C) groups is 1. The minimum Gasteiger partial charge on any atom is -0.379 e. The predicted octanol–water partition coefficient (Wildman–Crippen LogP) is 1.06. The first kappa shape index (κ1) is 19.9. The van der Waals surface area contributed by atoms with Crippen molar-refractivity contribution in [3.63, 3.8) is 0 Å². The maximum Gasteiger partial charge on any atom is 0.191 e. The molecule has 0 amide bonds. The van der Waals surface area contributed by atoms with Crippen LogP contribution in [0.3, 0.4) is 0 Å². The SMILES string of the molecule is CN=C(NCC1CCCO1)NCC(C)N1CCOCC1C.I. The molecule has 6 nitrogen and oxygen atoms in total. The van der Waals surface area contributed by atoms with E-state index in [1.54, 1.807) is 0 Å². The number of guanidine groups is 1. The number of rotatable bonds is 5. The van der Waals surface area contributed by atoms with Gasteiger partial charge in [-0.3, -0.25) is 9.89 Å². The van der Waals surface area contributed by atoms with Gasteiger partial charge in [0.15, 0.2) is 5.96 Å². The van der Waals surface area contributed by atoms with Crippen LogP contribution in [0.2, 0.25) is 0 Å². The Morgan fingerprint density at radius 2 is 2.18 bits per heavy atom. The van der Waals surface area contributed by atoms with Gasteiger partial charge < -0.3 is 20.1 Å². The summed E-state index contributed by atoms with van der Waals surface area (Å²) in [6, 6.07) is 0.947. The summed E-state index contributed by atoms with van der Waals surface area (Å²) in [6.07, 6.45) is 2.65. The molecule has 0 aromatic heterocycles. The van der Waals surface area contributed by atoms with E-state index in [0.29, 0.717) is 18.2 Å². The molecule has 7 heteroatoms. The molecule has 0 bridgehead atoms. The quantitative estimate of drug-likeness (QED) is 0.391. The normalized spacial score (nSPS) is 28.0. The van der Waals surface area contributed by atoms with Crippen LogP contribution in [0.25, 0.3) is 0 Å². The van der Waals surface area contributed by atoms with Crippen LogP contribution in [0, 0.1) is 0 Å². The second-order valence-electron chi connectivity index (χ2n) is 5.98. The monoisotopic (exact) mass is 426 g/mol. The molecule has 3 atom stereocenters. The van der Waals surface area contributed by atoms with Gasteiger partial charge in [-0.05, 0) is 26.7 Å². The molecule has 0 radical (unpaired) electrons. The zero-order chi connectivity index (χ0) is 15.1. The molecule has 22 heavy (non-hydrogen) atoms. The zero-order valence-corrected chi connectivity index (χ0v) is 16.3. The Balaban J connectivity index is 0.00000242. The lowest BCUT2D eigenvalue weighted by molar-refractivity contribution is -0.0174.